The first kappa shape index (κ1) is 34.9. The molecule has 0 aliphatic rings. The molecule has 0 amide bonds. The third-order valence-corrected chi connectivity index (χ3v) is 11.9. The zero-order chi connectivity index (χ0) is 30.1. The lowest BCUT2D eigenvalue weighted by molar-refractivity contribution is 0.164. The van der Waals surface area contributed by atoms with Crippen LogP contribution >= 0.6 is 0 Å². The smallest absolute Gasteiger partial charge is 0.323 e. The highest BCUT2D eigenvalue weighted by molar-refractivity contribution is 6.73. The van der Waals surface area contributed by atoms with Gasteiger partial charge in [-0.3, -0.25) is 0 Å². The molecule has 0 bridgehead atoms. The van der Waals surface area contributed by atoms with Crippen LogP contribution in [0.3, 0.4) is 0 Å². The highest BCUT2D eigenvalue weighted by Gasteiger charge is 2.36. The molecule has 2 aromatic rings. The van der Waals surface area contributed by atoms with Crippen LogP contribution in [-0.2, 0) is 11.0 Å². The summed E-state index contributed by atoms with van der Waals surface area (Å²) in [6, 6.07) is 6.61. The molecule has 41 heavy (non-hydrogen) atoms. The fourth-order valence-corrected chi connectivity index (χ4v) is 7.27. The van der Waals surface area contributed by atoms with Crippen LogP contribution in [0, 0.1) is 11.6 Å². The van der Waals surface area contributed by atoms with Crippen molar-refractivity contribution >= 4 is 8.32 Å². The molecule has 232 valence electrons. The van der Waals surface area contributed by atoms with Gasteiger partial charge in [-0.15, -0.1) is 0 Å². The monoisotopic (exact) mass is 595 g/mol. The Bertz CT molecular complexity index is 967. The van der Waals surface area contributed by atoms with Crippen molar-refractivity contribution < 1.29 is 27.4 Å². The standard InChI is InChI=1S/C31H51F2N3O4Si/c1-7-13-16-37-29-28(30(38-17-14-8-2)36-31(35-29)39-18-15-9-3)27(40-41(10-4,11-5)12-6)23-34-22-24-19-25(32)21-26(33)20-24/h19-21,27,34H,7-18,22-23H2,1-6H3. The average molecular weight is 596 g/mol. The predicted molar refractivity (Wildman–Crippen MR) is 162 cm³/mol. The van der Waals surface area contributed by atoms with E-state index in [1.54, 1.807) is 0 Å². The van der Waals surface area contributed by atoms with E-state index >= 15 is 0 Å². The molecule has 1 aromatic carbocycles. The number of aromatic nitrogens is 2. The van der Waals surface area contributed by atoms with Gasteiger partial charge in [0.25, 0.3) is 0 Å². The second kappa shape index (κ2) is 19.0. The Labute approximate surface area is 246 Å². The number of hydrogen-bond donors (Lipinski definition) is 1. The van der Waals surface area contributed by atoms with E-state index in [-0.39, 0.29) is 12.6 Å². The summed E-state index contributed by atoms with van der Waals surface area (Å²) >= 11 is 0. The van der Waals surface area contributed by atoms with Gasteiger partial charge in [-0.1, -0.05) is 60.8 Å². The minimum absolute atomic E-state index is 0.229. The summed E-state index contributed by atoms with van der Waals surface area (Å²) in [6.07, 6.45) is 5.08. The summed E-state index contributed by atoms with van der Waals surface area (Å²) in [6.45, 7) is 15.0. The van der Waals surface area contributed by atoms with Crippen LogP contribution in [0.2, 0.25) is 18.1 Å². The second-order valence-corrected chi connectivity index (χ2v) is 15.1. The number of nitrogens with one attached hydrogen (secondary N) is 1. The minimum Gasteiger partial charge on any atom is -0.477 e. The quantitative estimate of drug-likeness (QED) is 0.109. The molecule has 1 N–H and O–H groups in total. The van der Waals surface area contributed by atoms with Gasteiger partial charge in [0, 0.05) is 19.2 Å². The third-order valence-electron chi connectivity index (χ3n) is 7.29. The molecule has 1 atom stereocenters. The zero-order valence-corrected chi connectivity index (χ0v) is 27.0. The number of halogens is 2. The van der Waals surface area contributed by atoms with Gasteiger partial charge >= 0.3 is 6.01 Å². The normalized spacial score (nSPS) is 12.4. The molecular weight excluding hydrogens is 544 g/mol. The minimum atomic E-state index is -2.13. The summed E-state index contributed by atoms with van der Waals surface area (Å²) < 4.78 is 53.1. The molecule has 0 aliphatic heterocycles. The number of nitrogens with zero attached hydrogens (tertiary/aromatic N) is 2. The summed E-state index contributed by atoms with van der Waals surface area (Å²) in [5, 5.41) is 3.36. The van der Waals surface area contributed by atoms with E-state index < -0.39 is 26.1 Å². The molecular formula is C31H51F2N3O4Si. The highest BCUT2D eigenvalue weighted by Crippen LogP contribution is 2.39. The summed E-state index contributed by atoms with van der Waals surface area (Å²) in [5.41, 5.74) is 1.17. The Morgan fingerprint density at radius 2 is 1.22 bits per heavy atom. The molecule has 0 saturated heterocycles. The van der Waals surface area contributed by atoms with Crippen LogP contribution in [0.4, 0.5) is 8.78 Å². The van der Waals surface area contributed by atoms with Crippen LogP contribution in [0.1, 0.15) is 97.3 Å². The number of hydrogen-bond acceptors (Lipinski definition) is 7. The van der Waals surface area contributed by atoms with Gasteiger partial charge in [-0.2, -0.15) is 9.97 Å². The first-order valence-corrected chi connectivity index (χ1v) is 18.0. The lowest BCUT2D eigenvalue weighted by Gasteiger charge is -2.34. The topological polar surface area (TPSA) is 74.7 Å². The maximum Gasteiger partial charge on any atom is 0.323 e. The number of ether oxygens (including phenoxy) is 3. The molecule has 0 aliphatic carbocycles. The molecule has 1 heterocycles. The Balaban J connectivity index is 2.55. The summed E-state index contributed by atoms with van der Waals surface area (Å²) in [4.78, 5) is 9.39. The van der Waals surface area contributed by atoms with E-state index in [1.165, 1.54) is 12.1 Å². The molecule has 1 unspecified atom stereocenters. The molecule has 0 fully saturated rings. The molecule has 7 nitrogen and oxygen atoms in total. The van der Waals surface area contributed by atoms with Gasteiger partial charge in [0.05, 0.1) is 25.9 Å². The van der Waals surface area contributed by atoms with E-state index in [2.05, 4.69) is 46.9 Å². The van der Waals surface area contributed by atoms with Crippen molar-refractivity contribution in [1.82, 2.24) is 15.3 Å². The van der Waals surface area contributed by atoms with Gasteiger partial charge in [0.2, 0.25) is 11.8 Å². The lowest BCUT2D eigenvalue weighted by Crippen LogP contribution is -2.40. The molecule has 1 aromatic heterocycles. The first-order valence-electron chi connectivity index (χ1n) is 15.5. The fourth-order valence-electron chi connectivity index (χ4n) is 4.47. The molecule has 0 radical (unpaired) electrons. The fraction of sp³-hybridized carbons (Fsp3) is 0.677. The zero-order valence-electron chi connectivity index (χ0n) is 26.0. The Morgan fingerprint density at radius 1 is 0.732 bits per heavy atom. The Hall–Kier alpha value is -2.30. The van der Waals surface area contributed by atoms with Gasteiger partial charge < -0.3 is 24.0 Å². The van der Waals surface area contributed by atoms with Crippen molar-refractivity contribution in [3.8, 4) is 17.8 Å². The van der Waals surface area contributed by atoms with Crippen molar-refractivity contribution in [2.24, 2.45) is 0 Å². The van der Waals surface area contributed by atoms with Crippen molar-refractivity contribution in [3.05, 3.63) is 41.0 Å². The number of unbranched alkanes of at least 4 members (excludes halogenated alkanes) is 3. The van der Waals surface area contributed by atoms with Gasteiger partial charge in [0.1, 0.15) is 17.2 Å². The third kappa shape index (κ3) is 11.5. The van der Waals surface area contributed by atoms with E-state index in [0.29, 0.717) is 49.3 Å². The summed E-state index contributed by atoms with van der Waals surface area (Å²) in [5.74, 6) is -0.397. The molecule has 10 heteroatoms. The van der Waals surface area contributed by atoms with Crippen LogP contribution in [0.5, 0.6) is 17.8 Å². The molecule has 0 spiro atoms. The van der Waals surface area contributed by atoms with Crippen molar-refractivity contribution in [2.45, 2.75) is 111 Å². The number of rotatable bonds is 22. The second-order valence-electron chi connectivity index (χ2n) is 10.4. The van der Waals surface area contributed by atoms with Gasteiger partial charge in [0.15, 0.2) is 8.32 Å². The van der Waals surface area contributed by atoms with E-state index in [0.717, 1.165) is 62.7 Å². The maximum absolute atomic E-state index is 13.8. The first-order chi connectivity index (χ1) is 19.8. The number of benzene rings is 1. The summed E-state index contributed by atoms with van der Waals surface area (Å²) in [7, 11) is -2.13. The van der Waals surface area contributed by atoms with Gasteiger partial charge in [-0.25, -0.2) is 8.78 Å². The van der Waals surface area contributed by atoms with Crippen LogP contribution in [0.25, 0.3) is 0 Å². The molecule has 2 rings (SSSR count). The lowest BCUT2D eigenvalue weighted by atomic mass is 10.1. The van der Waals surface area contributed by atoms with Crippen molar-refractivity contribution in [3.63, 3.8) is 0 Å². The largest absolute Gasteiger partial charge is 0.477 e. The average Bonchev–Trinajstić information content (AvgIpc) is 2.95. The van der Waals surface area contributed by atoms with Gasteiger partial charge in [-0.05, 0) is 55.1 Å². The van der Waals surface area contributed by atoms with E-state index in [1.807, 2.05) is 0 Å². The van der Waals surface area contributed by atoms with E-state index in [9.17, 15) is 8.78 Å². The van der Waals surface area contributed by atoms with Crippen LogP contribution in [0.15, 0.2) is 18.2 Å². The molecule has 0 saturated carbocycles. The van der Waals surface area contributed by atoms with Crippen molar-refractivity contribution in [1.29, 1.82) is 0 Å². The Kier molecular flexibility index (Phi) is 16.2. The van der Waals surface area contributed by atoms with Crippen LogP contribution in [-0.4, -0.2) is 44.7 Å². The van der Waals surface area contributed by atoms with Crippen molar-refractivity contribution in [2.75, 3.05) is 26.4 Å². The van der Waals surface area contributed by atoms with E-state index in [4.69, 9.17) is 28.6 Å². The predicted octanol–water partition coefficient (Wildman–Crippen LogP) is 8.14. The Morgan fingerprint density at radius 3 is 1.68 bits per heavy atom. The SMILES string of the molecule is CCCCOc1nc(OCCCC)c(C(CNCc2cc(F)cc(F)c2)O[Si](CC)(CC)CC)c(OCCCC)n1. The maximum atomic E-state index is 13.8. The van der Waals surface area contributed by atoms with Crippen LogP contribution < -0.4 is 19.5 Å². The highest BCUT2D eigenvalue weighted by atomic mass is 28.4.